The van der Waals surface area contributed by atoms with E-state index >= 15 is 0 Å². The fourth-order valence-electron chi connectivity index (χ4n) is 3.97. The maximum absolute atomic E-state index is 9.32. The zero-order valence-electron chi connectivity index (χ0n) is 19.2. The molecule has 0 N–H and O–H groups in total. The van der Waals surface area contributed by atoms with Gasteiger partial charge in [-0.25, -0.2) is 9.97 Å². The van der Waals surface area contributed by atoms with Crippen LogP contribution in [0.4, 0.5) is 5.69 Å². The second kappa shape index (κ2) is 10.0. The first-order chi connectivity index (χ1) is 16.1. The highest BCUT2D eigenvalue weighted by atomic mass is 15.2. The number of aryl methyl sites for hydroxylation is 3. The van der Waals surface area contributed by atoms with Crippen LogP contribution in [0.15, 0.2) is 61.4 Å². The van der Waals surface area contributed by atoms with E-state index in [1.54, 1.807) is 19.0 Å². The fourth-order valence-corrected chi connectivity index (χ4v) is 3.97. The van der Waals surface area contributed by atoms with Crippen LogP contribution < -0.4 is 4.90 Å². The van der Waals surface area contributed by atoms with Crippen LogP contribution in [0.3, 0.4) is 0 Å². The lowest BCUT2D eigenvalue weighted by molar-refractivity contribution is 0.697. The van der Waals surface area contributed by atoms with E-state index in [4.69, 9.17) is 0 Å². The number of aromatic nitrogens is 5. The Bertz CT molecular complexity index is 1270. The Morgan fingerprint density at radius 2 is 1.85 bits per heavy atom. The largest absolute Gasteiger partial charge is 0.366 e. The van der Waals surface area contributed by atoms with E-state index in [-0.39, 0.29) is 0 Å². The molecule has 7 nitrogen and oxygen atoms in total. The summed E-state index contributed by atoms with van der Waals surface area (Å²) in [6.45, 7) is 7.84. The van der Waals surface area contributed by atoms with Crippen molar-refractivity contribution in [2.24, 2.45) is 0 Å². The molecule has 0 aliphatic carbocycles. The normalized spacial score (nSPS) is 12.4. The highest BCUT2D eigenvalue weighted by Crippen LogP contribution is 2.27. The third-order valence-electron chi connectivity index (χ3n) is 5.87. The standard InChI is InChI=1S/C16H16N4.C10H11N3/c1-11-3-4-16(13(7-11)8-17)20-6-5-15-14(9-20)12(2)18-10-19-15;1-2-9-4-3-5-10(6-9)13-7-11-12-8-13/h3-4,7,10H,5-6,9H2,1-2H3;3-8H,2H2,1H3. The van der Waals surface area contributed by atoms with Gasteiger partial charge in [0, 0.05) is 36.5 Å². The van der Waals surface area contributed by atoms with Gasteiger partial charge < -0.3 is 4.90 Å². The smallest absolute Gasteiger partial charge is 0.123 e. The van der Waals surface area contributed by atoms with Gasteiger partial charge in [0.05, 0.1) is 16.9 Å². The Morgan fingerprint density at radius 3 is 2.61 bits per heavy atom. The maximum atomic E-state index is 9.32. The van der Waals surface area contributed by atoms with Gasteiger partial charge in [-0.3, -0.25) is 4.57 Å². The second-order valence-corrected chi connectivity index (χ2v) is 8.08. The number of fused-ring (bicyclic) bond motifs is 1. The summed E-state index contributed by atoms with van der Waals surface area (Å²) < 4.78 is 1.90. The van der Waals surface area contributed by atoms with Gasteiger partial charge in [0.1, 0.15) is 25.1 Å². The summed E-state index contributed by atoms with van der Waals surface area (Å²) in [5.74, 6) is 0. The predicted molar refractivity (Wildman–Crippen MR) is 128 cm³/mol. The number of nitrogens with zero attached hydrogens (tertiary/aromatic N) is 7. The van der Waals surface area contributed by atoms with E-state index in [2.05, 4.69) is 56.3 Å². The summed E-state index contributed by atoms with van der Waals surface area (Å²) in [6, 6.07) is 16.7. The third kappa shape index (κ3) is 5.07. The molecule has 3 heterocycles. The van der Waals surface area contributed by atoms with Crippen molar-refractivity contribution in [1.29, 1.82) is 5.26 Å². The number of benzene rings is 2. The quantitative estimate of drug-likeness (QED) is 0.474. The lowest BCUT2D eigenvalue weighted by Gasteiger charge is -2.31. The summed E-state index contributed by atoms with van der Waals surface area (Å²) in [5, 5.41) is 16.9. The molecule has 0 bridgehead atoms. The van der Waals surface area contributed by atoms with Crippen molar-refractivity contribution in [3.63, 3.8) is 0 Å². The van der Waals surface area contributed by atoms with Crippen LogP contribution in [0.2, 0.25) is 0 Å². The van der Waals surface area contributed by atoms with Crippen LogP contribution >= 0.6 is 0 Å². The van der Waals surface area contributed by atoms with Crippen LogP contribution in [0.5, 0.6) is 0 Å². The summed E-state index contributed by atoms with van der Waals surface area (Å²) in [4.78, 5) is 10.9. The molecule has 33 heavy (non-hydrogen) atoms. The average molecular weight is 438 g/mol. The van der Waals surface area contributed by atoms with E-state index in [1.807, 2.05) is 42.7 Å². The zero-order valence-corrected chi connectivity index (χ0v) is 19.2. The van der Waals surface area contributed by atoms with Crippen molar-refractivity contribution in [3.05, 3.63) is 95.1 Å². The minimum absolute atomic E-state index is 0.739. The van der Waals surface area contributed by atoms with Crippen LogP contribution in [0.1, 0.15) is 40.6 Å². The van der Waals surface area contributed by atoms with Gasteiger partial charge in [0.2, 0.25) is 0 Å². The van der Waals surface area contributed by atoms with Crippen LogP contribution in [-0.2, 0) is 19.4 Å². The minimum atomic E-state index is 0.739. The molecular weight excluding hydrogens is 410 g/mol. The Balaban J connectivity index is 0.000000172. The van der Waals surface area contributed by atoms with Gasteiger partial charge in [-0.2, -0.15) is 5.26 Å². The van der Waals surface area contributed by atoms with Gasteiger partial charge in [0.25, 0.3) is 0 Å². The van der Waals surface area contributed by atoms with Crippen LogP contribution in [-0.4, -0.2) is 31.3 Å². The minimum Gasteiger partial charge on any atom is -0.366 e. The zero-order chi connectivity index (χ0) is 23.2. The molecule has 0 saturated carbocycles. The molecule has 1 aliphatic rings. The molecule has 0 spiro atoms. The predicted octanol–water partition coefficient (Wildman–Crippen LogP) is 4.36. The van der Waals surface area contributed by atoms with Crippen molar-refractivity contribution >= 4 is 5.69 Å². The highest BCUT2D eigenvalue weighted by molar-refractivity contribution is 5.61. The van der Waals surface area contributed by atoms with E-state index in [9.17, 15) is 5.26 Å². The first kappa shape index (κ1) is 22.2. The molecule has 5 rings (SSSR count). The van der Waals surface area contributed by atoms with Crippen LogP contribution in [0.25, 0.3) is 5.69 Å². The van der Waals surface area contributed by atoms with E-state index < -0.39 is 0 Å². The van der Waals surface area contributed by atoms with E-state index in [0.29, 0.717) is 0 Å². The van der Waals surface area contributed by atoms with E-state index in [1.165, 1.54) is 11.1 Å². The highest BCUT2D eigenvalue weighted by Gasteiger charge is 2.21. The molecule has 0 amide bonds. The first-order valence-corrected chi connectivity index (χ1v) is 11.1. The number of hydrogen-bond donors (Lipinski definition) is 0. The maximum Gasteiger partial charge on any atom is 0.123 e. The molecule has 2 aromatic carbocycles. The summed E-state index contributed by atoms with van der Waals surface area (Å²) >= 11 is 0. The van der Waals surface area contributed by atoms with Gasteiger partial charge in [-0.1, -0.05) is 25.1 Å². The van der Waals surface area contributed by atoms with Crippen molar-refractivity contribution in [3.8, 4) is 11.8 Å². The number of rotatable bonds is 3. The fraction of sp³-hybridized carbons (Fsp3) is 0.269. The van der Waals surface area contributed by atoms with Gasteiger partial charge in [0.15, 0.2) is 0 Å². The number of hydrogen-bond acceptors (Lipinski definition) is 6. The molecule has 0 radical (unpaired) electrons. The first-order valence-electron chi connectivity index (χ1n) is 11.1. The number of nitriles is 1. The molecule has 166 valence electrons. The molecular formula is C26H27N7. The van der Waals surface area contributed by atoms with E-state index in [0.717, 1.165) is 59.8 Å². The molecule has 7 heteroatoms. The Labute approximate surface area is 194 Å². The Kier molecular flexibility index (Phi) is 6.75. The lowest BCUT2D eigenvalue weighted by atomic mass is 10.0. The Morgan fingerprint density at radius 1 is 1.03 bits per heavy atom. The molecule has 0 atom stereocenters. The summed E-state index contributed by atoms with van der Waals surface area (Å²) in [6.07, 6.45) is 6.99. The molecule has 0 fully saturated rings. The Hall–Kier alpha value is -4.05. The van der Waals surface area contributed by atoms with Crippen molar-refractivity contribution in [2.75, 3.05) is 11.4 Å². The summed E-state index contributed by atoms with van der Waals surface area (Å²) in [7, 11) is 0. The van der Waals surface area contributed by atoms with Gasteiger partial charge in [-0.05, 0) is 55.7 Å². The van der Waals surface area contributed by atoms with Crippen molar-refractivity contribution in [2.45, 2.75) is 40.2 Å². The summed E-state index contributed by atoms with van der Waals surface area (Å²) in [5.41, 5.74) is 8.67. The van der Waals surface area contributed by atoms with Gasteiger partial charge >= 0.3 is 0 Å². The molecule has 1 aliphatic heterocycles. The average Bonchev–Trinajstić information content (AvgIpc) is 3.40. The van der Waals surface area contributed by atoms with Crippen molar-refractivity contribution < 1.29 is 0 Å². The molecule has 0 unspecified atom stereocenters. The second-order valence-electron chi connectivity index (χ2n) is 8.08. The third-order valence-corrected chi connectivity index (χ3v) is 5.87. The number of anilines is 1. The lowest BCUT2D eigenvalue weighted by Crippen LogP contribution is -2.32. The molecule has 4 aromatic rings. The monoisotopic (exact) mass is 437 g/mol. The molecule has 2 aromatic heterocycles. The van der Waals surface area contributed by atoms with Gasteiger partial charge in [-0.15, -0.1) is 10.2 Å². The van der Waals surface area contributed by atoms with Crippen LogP contribution in [0, 0.1) is 25.2 Å². The van der Waals surface area contributed by atoms with Crippen molar-refractivity contribution in [1.82, 2.24) is 24.7 Å². The molecule has 0 saturated heterocycles. The topological polar surface area (TPSA) is 83.5 Å². The SMILES string of the molecule is CCc1cccc(-n2cnnc2)c1.Cc1ccc(N2CCc3ncnc(C)c3C2)c(C#N)c1.